The first-order valence-electron chi connectivity index (χ1n) is 23.4. The Hall–Kier alpha value is -1.28. The van der Waals surface area contributed by atoms with Crippen molar-refractivity contribution >= 4 is 13.7 Å². The average molecular weight is 811 g/mol. The SMILES string of the molecule is CCCCCCCC/C=C\CCCCCCCCCCCC(=O)NC(COP(=O)([O-])OCC[N+](C)(C)C)C(O)/C=C/CC/C=C/CCCCCCCCCCC. The first-order valence-corrected chi connectivity index (χ1v) is 24.8. The van der Waals surface area contributed by atoms with Crippen LogP contribution in [0.25, 0.3) is 0 Å². The van der Waals surface area contributed by atoms with Gasteiger partial charge in [0.1, 0.15) is 13.2 Å². The highest BCUT2D eigenvalue weighted by Crippen LogP contribution is 2.38. The molecule has 56 heavy (non-hydrogen) atoms. The highest BCUT2D eigenvalue weighted by molar-refractivity contribution is 7.45. The lowest BCUT2D eigenvalue weighted by molar-refractivity contribution is -0.870. The summed E-state index contributed by atoms with van der Waals surface area (Å²) in [6, 6.07) is -0.902. The molecule has 0 aromatic rings. The van der Waals surface area contributed by atoms with E-state index in [-0.39, 0.29) is 12.5 Å². The van der Waals surface area contributed by atoms with Crippen LogP contribution < -0.4 is 10.2 Å². The van der Waals surface area contributed by atoms with Crippen LogP contribution in [0.2, 0.25) is 0 Å². The number of nitrogens with one attached hydrogen (secondary N) is 1. The van der Waals surface area contributed by atoms with Crippen molar-refractivity contribution in [2.75, 3.05) is 40.9 Å². The van der Waals surface area contributed by atoms with Crippen molar-refractivity contribution < 1.29 is 32.9 Å². The molecule has 9 heteroatoms. The molecule has 0 aromatic carbocycles. The number of phosphoric acid groups is 1. The van der Waals surface area contributed by atoms with E-state index in [1.807, 2.05) is 27.2 Å². The highest BCUT2D eigenvalue weighted by Gasteiger charge is 2.23. The lowest BCUT2D eigenvalue weighted by Gasteiger charge is -2.29. The maximum atomic E-state index is 12.9. The summed E-state index contributed by atoms with van der Waals surface area (Å²) in [5, 5.41) is 13.8. The number of allylic oxidation sites excluding steroid dienone is 5. The van der Waals surface area contributed by atoms with Crippen LogP contribution in [0.1, 0.15) is 206 Å². The van der Waals surface area contributed by atoms with Gasteiger partial charge in [-0.05, 0) is 57.8 Å². The number of hydrogen-bond donors (Lipinski definition) is 2. The third kappa shape index (κ3) is 40.9. The maximum Gasteiger partial charge on any atom is 0.268 e. The zero-order chi connectivity index (χ0) is 41.4. The van der Waals surface area contributed by atoms with Gasteiger partial charge in [-0.2, -0.15) is 0 Å². The molecule has 0 saturated carbocycles. The molecule has 3 atom stereocenters. The van der Waals surface area contributed by atoms with E-state index in [2.05, 4.69) is 43.5 Å². The van der Waals surface area contributed by atoms with Gasteiger partial charge < -0.3 is 28.8 Å². The maximum absolute atomic E-state index is 12.9. The molecule has 0 spiro atoms. The average Bonchev–Trinajstić information content (AvgIpc) is 3.15. The van der Waals surface area contributed by atoms with Gasteiger partial charge in [-0.3, -0.25) is 9.36 Å². The molecule has 0 saturated heterocycles. The molecule has 3 unspecified atom stereocenters. The van der Waals surface area contributed by atoms with Crippen molar-refractivity contribution in [1.82, 2.24) is 5.32 Å². The molecule has 330 valence electrons. The number of hydrogen-bond acceptors (Lipinski definition) is 6. The van der Waals surface area contributed by atoms with Crippen LogP contribution in [-0.4, -0.2) is 68.5 Å². The number of carbonyl (C=O) groups is 1. The summed E-state index contributed by atoms with van der Waals surface area (Å²) in [6.45, 7) is 4.62. The van der Waals surface area contributed by atoms with Gasteiger partial charge in [-0.1, -0.05) is 179 Å². The molecule has 2 N–H and O–H groups in total. The summed E-state index contributed by atoms with van der Waals surface area (Å²) in [4.78, 5) is 25.3. The molecule has 0 aliphatic heterocycles. The molecule has 1 amide bonds. The molecule has 0 aliphatic rings. The summed E-state index contributed by atoms with van der Waals surface area (Å²) in [5.74, 6) is -0.210. The van der Waals surface area contributed by atoms with Crippen LogP contribution >= 0.6 is 7.82 Å². The highest BCUT2D eigenvalue weighted by atomic mass is 31.2. The summed E-state index contributed by atoms with van der Waals surface area (Å²) in [5.41, 5.74) is 0. The van der Waals surface area contributed by atoms with Crippen molar-refractivity contribution in [1.29, 1.82) is 0 Å². The van der Waals surface area contributed by atoms with E-state index in [1.54, 1.807) is 6.08 Å². The third-order valence-corrected chi connectivity index (χ3v) is 11.3. The van der Waals surface area contributed by atoms with Crippen LogP contribution in [0, 0.1) is 0 Å². The Balaban J connectivity index is 4.41. The first kappa shape index (κ1) is 54.7. The lowest BCUT2D eigenvalue weighted by atomic mass is 10.0. The number of likely N-dealkylation sites (N-methyl/N-ethyl adjacent to an activating group) is 1. The van der Waals surface area contributed by atoms with Gasteiger partial charge in [-0.15, -0.1) is 0 Å². The van der Waals surface area contributed by atoms with Crippen molar-refractivity contribution in [3.8, 4) is 0 Å². The van der Waals surface area contributed by atoms with Crippen molar-refractivity contribution in [3.05, 3.63) is 36.5 Å². The van der Waals surface area contributed by atoms with E-state index in [1.165, 1.54) is 148 Å². The summed E-state index contributed by atoms with van der Waals surface area (Å²) in [6.07, 6.45) is 47.6. The fourth-order valence-corrected chi connectivity index (χ4v) is 7.30. The largest absolute Gasteiger partial charge is 0.756 e. The molecule has 0 fully saturated rings. The predicted molar refractivity (Wildman–Crippen MR) is 238 cm³/mol. The van der Waals surface area contributed by atoms with Gasteiger partial charge in [-0.25, -0.2) is 0 Å². The fraction of sp³-hybridized carbons (Fsp3) is 0.851. The molecule has 8 nitrogen and oxygen atoms in total. The van der Waals surface area contributed by atoms with Gasteiger partial charge in [0.25, 0.3) is 7.82 Å². The Morgan fingerprint density at radius 1 is 0.607 bits per heavy atom. The van der Waals surface area contributed by atoms with Gasteiger partial charge in [0, 0.05) is 6.42 Å². The normalized spacial score (nSPS) is 14.6. The minimum Gasteiger partial charge on any atom is -0.756 e. The Kier molecular flexibility index (Phi) is 38.3. The lowest BCUT2D eigenvalue weighted by Crippen LogP contribution is -2.45. The quantitative estimate of drug-likeness (QED) is 0.0275. The van der Waals surface area contributed by atoms with E-state index in [4.69, 9.17) is 9.05 Å². The van der Waals surface area contributed by atoms with E-state index in [0.717, 1.165) is 38.5 Å². The third-order valence-electron chi connectivity index (χ3n) is 10.3. The molecular formula is C47H91N2O6P. The fourth-order valence-electron chi connectivity index (χ4n) is 6.57. The number of nitrogens with zero attached hydrogens (tertiary/aromatic N) is 1. The van der Waals surface area contributed by atoms with Gasteiger partial charge >= 0.3 is 0 Å². The Morgan fingerprint density at radius 3 is 1.45 bits per heavy atom. The van der Waals surface area contributed by atoms with Gasteiger partial charge in [0.05, 0.1) is 39.9 Å². The minimum absolute atomic E-state index is 0.00655. The minimum atomic E-state index is -4.59. The van der Waals surface area contributed by atoms with Crippen LogP contribution in [0.3, 0.4) is 0 Å². The van der Waals surface area contributed by atoms with Crippen molar-refractivity contribution in [3.63, 3.8) is 0 Å². The predicted octanol–water partition coefficient (Wildman–Crippen LogP) is 12.5. The van der Waals surface area contributed by atoms with Crippen LogP contribution in [-0.2, 0) is 18.4 Å². The van der Waals surface area contributed by atoms with Crippen LogP contribution in [0.5, 0.6) is 0 Å². The first-order chi connectivity index (χ1) is 27.0. The molecule has 0 bridgehead atoms. The molecule has 0 heterocycles. The number of phosphoric ester groups is 1. The van der Waals surface area contributed by atoms with Crippen LogP contribution in [0.4, 0.5) is 0 Å². The number of rotatable bonds is 42. The number of unbranched alkanes of at least 4 members (excludes halogenated alkanes) is 25. The number of aliphatic hydroxyl groups excluding tert-OH is 1. The number of quaternary nitrogens is 1. The van der Waals surface area contributed by atoms with Gasteiger partial charge in [0.2, 0.25) is 5.91 Å². The van der Waals surface area contributed by atoms with Crippen molar-refractivity contribution in [2.24, 2.45) is 0 Å². The van der Waals surface area contributed by atoms with Gasteiger partial charge in [0.15, 0.2) is 0 Å². The second-order valence-corrected chi connectivity index (χ2v) is 18.5. The molecule has 0 aromatic heterocycles. The molecule has 0 rings (SSSR count). The van der Waals surface area contributed by atoms with Crippen LogP contribution in [0.15, 0.2) is 36.5 Å². The smallest absolute Gasteiger partial charge is 0.268 e. The Bertz CT molecular complexity index is 1010. The Labute approximate surface area is 347 Å². The molecule has 0 radical (unpaired) electrons. The monoisotopic (exact) mass is 811 g/mol. The second kappa shape index (κ2) is 39.2. The number of amides is 1. The standard InChI is InChI=1S/C47H91N2O6P/c1-6-8-10-12-14-16-18-20-22-23-24-25-27-29-31-33-35-37-39-41-47(51)48-45(44-55-56(52,53)54-43-42-49(3,4)5)46(50)40-38-36-34-32-30-28-26-21-19-17-15-13-11-9-7-2/h20,22,30,32,38,40,45-46,50H,6-19,21,23-29,31,33-37,39,41-44H2,1-5H3,(H-,48,51,52,53)/b22-20-,32-30+,40-38+. The zero-order valence-electron chi connectivity index (χ0n) is 37.3. The molecule has 0 aliphatic carbocycles. The Morgan fingerprint density at radius 2 is 1.00 bits per heavy atom. The summed E-state index contributed by atoms with van der Waals surface area (Å²) in [7, 11) is 1.24. The summed E-state index contributed by atoms with van der Waals surface area (Å²) < 4.78 is 23.2. The topological polar surface area (TPSA) is 108 Å². The zero-order valence-corrected chi connectivity index (χ0v) is 38.2. The van der Waals surface area contributed by atoms with E-state index in [0.29, 0.717) is 17.4 Å². The number of carbonyl (C=O) groups excluding carboxylic acids is 1. The molecular weight excluding hydrogens is 719 g/mol. The van der Waals surface area contributed by atoms with E-state index in [9.17, 15) is 19.4 Å². The summed E-state index contributed by atoms with van der Waals surface area (Å²) >= 11 is 0. The van der Waals surface area contributed by atoms with Crippen molar-refractivity contribution in [2.45, 2.75) is 219 Å². The second-order valence-electron chi connectivity index (χ2n) is 17.1. The number of aliphatic hydroxyl groups is 1. The van der Waals surface area contributed by atoms with E-state index < -0.39 is 26.6 Å². The van der Waals surface area contributed by atoms with E-state index >= 15 is 0 Å².